The number of hydrogen-bond acceptors (Lipinski definition) is 1. The van der Waals surface area contributed by atoms with Crippen LogP contribution in [0.5, 0.6) is 0 Å². The van der Waals surface area contributed by atoms with E-state index in [1.807, 2.05) is 12.1 Å². The number of carbonyl (C=O) groups excluding carboxylic acids is 1. The van der Waals surface area contributed by atoms with Crippen LogP contribution in [0.1, 0.15) is 31.4 Å². The zero-order valence-electron chi connectivity index (χ0n) is 11.7. The Morgan fingerprint density at radius 2 is 1.89 bits per heavy atom. The molecular formula is C16H22ClNO. The summed E-state index contributed by atoms with van der Waals surface area (Å²) in [4.78, 5) is 12.2. The Hall–Kier alpha value is -1.02. The van der Waals surface area contributed by atoms with Crippen molar-refractivity contribution >= 4 is 17.5 Å². The number of benzene rings is 1. The third-order valence-electron chi connectivity index (χ3n) is 3.93. The van der Waals surface area contributed by atoms with E-state index in [0.717, 1.165) is 19.3 Å². The van der Waals surface area contributed by atoms with Crippen LogP contribution in [-0.4, -0.2) is 18.3 Å². The molecule has 0 fully saturated rings. The minimum absolute atomic E-state index is 0.0723. The highest BCUT2D eigenvalue weighted by Gasteiger charge is 2.28. The molecule has 1 aliphatic rings. The van der Waals surface area contributed by atoms with E-state index in [-0.39, 0.29) is 17.2 Å². The summed E-state index contributed by atoms with van der Waals surface area (Å²) in [6, 6.07) is 8.34. The molecule has 0 heterocycles. The van der Waals surface area contributed by atoms with Crippen LogP contribution in [0.3, 0.4) is 0 Å². The lowest BCUT2D eigenvalue weighted by atomic mass is 9.90. The third-order valence-corrected chi connectivity index (χ3v) is 4.12. The van der Waals surface area contributed by atoms with Gasteiger partial charge in [-0.05, 0) is 35.8 Å². The Morgan fingerprint density at radius 1 is 1.32 bits per heavy atom. The Kier molecular flexibility index (Phi) is 4.51. The fraction of sp³-hybridized carbons (Fsp3) is 0.562. The molecule has 1 aliphatic carbocycles. The molecule has 1 aromatic carbocycles. The fourth-order valence-electron chi connectivity index (χ4n) is 2.56. The molecule has 2 rings (SSSR count). The summed E-state index contributed by atoms with van der Waals surface area (Å²) in [5.41, 5.74) is 2.72. The Labute approximate surface area is 120 Å². The number of nitrogens with one attached hydrogen (secondary N) is 1. The molecule has 19 heavy (non-hydrogen) atoms. The van der Waals surface area contributed by atoms with Gasteiger partial charge in [0.05, 0.1) is 0 Å². The Bertz CT molecular complexity index is 431. The molecule has 1 amide bonds. The first-order valence-electron chi connectivity index (χ1n) is 6.92. The smallest absolute Gasteiger partial charge is 0.223 e. The molecule has 3 heteroatoms. The van der Waals surface area contributed by atoms with Gasteiger partial charge in [-0.1, -0.05) is 38.1 Å². The van der Waals surface area contributed by atoms with Gasteiger partial charge in [-0.15, -0.1) is 11.6 Å². The molecule has 0 saturated carbocycles. The molecule has 0 bridgehead atoms. The second kappa shape index (κ2) is 5.96. The first-order valence-corrected chi connectivity index (χ1v) is 7.46. The van der Waals surface area contributed by atoms with Crippen molar-refractivity contribution < 1.29 is 4.79 Å². The number of hydrogen-bond donors (Lipinski definition) is 1. The van der Waals surface area contributed by atoms with Gasteiger partial charge >= 0.3 is 0 Å². The predicted molar refractivity (Wildman–Crippen MR) is 79.5 cm³/mol. The monoisotopic (exact) mass is 279 g/mol. The van der Waals surface area contributed by atoms with Crippen molar-refractivity contribution in [3.63, 3.8) is 0 Å². The molecule has 0 radical (unpaired) electrons. The van der Waals surface area contributed by atoms with Crippen LogP contribution >= 0.6 is 11.6 Å². The van der Waals surface area contributed by atoms with Crippen molar-refractivity contribution in [1.82, 2.24) is 5.32 Å². The van der Waals surface area contributed by atoms with Gasteiger partial charge in [-0.2, -0.15) is 0 Å². The average molecular weight is 280 g/mol. The summed E-state index contributed by atoms with van der Waals surface area (Å²) in [5, 5.41) is 3.09. The van der Waals surface area contributed by atoms with Crippen LogP contribution in [0.4, 0.5) is 0 Å². The number of carbonyl (C=O) groups is 1. The Morgan fingerprint density at radius 3 is 2.42 bits per heavy atom. The first kappa shape index (κ1) is 14.4. The van der Waals surface area contributed by atoms with E-state index < -0.39 is 0 Å². The number of rotatable bonds is 5. The summed E-state index contributed by atoms with van der Waals surface area (Å²) in [6.07, 6.45) is 2.66. The van der Waals surface area contributed by atoms with Crippen LogP contribution < -0.4 is 5.32 Å². The van der Waals surface area contributed by atoms with Crippen LogP contribution in [0.25, 0.3) is 0 Å². The second-order valence-electron chi connectivity index (χ2n) is 6.19. The third kappa shape index (κ3) is 3.73. The Balaban J connectivity index is 1.86. The van der Waals surface area contributed by atoms with Crippen LogP contribution in [0.2, 0.25) is 0 Å². The normalized spacial score (nSPS) is 15.3. The zero-order chi connectivity index (χ0) is 13.9. The van der Waals surface area contributed by atoms with Gasteiger partial charge in [0.25, 0.3) is 0 Å². The van der Waals surface area contributed by atoms with Gasteiger partial charge in [0.1, 0.15) is 0 Å². The fourth-order valence-corrected chi connectivity index (χ4v) is 3.07. The molecule has 0 spiro atoms. The van der Waals surface area contributed by atoms with Gasteiger partial charge in [0.2, 0.25) is 5.91 Å². The highest BCUT2D eigenvalue weighted by atomic mass is 35.5. The highest BCUT2D eigenvalue weighted by Crippen LogP contribution is 2.27. The van der Waals surface area contributed by atoms with E-state index in [9.17, 15) is 4.79 Å². The number of alkyl halides is 1. The van der Waals surface area contributed by atoms with Gasteiger partial charge in [-0.25, -0.2) is 0 Å². The summed E-state index contributed by atoms with van der Waals surface area (Å²) in [5.74, 6) is 0.917. The van der Waals surface area contributed by atoms with Crippen LogP contribution in [0, 0.1) is 11.3 Å². The summed E-state index contributed by atoms with van der Waals surface area (Å²) in [7, 11) is 0. The maximum Gasteiger partial charge on any atom is 0.223 e. The highest BCUT2D eigenvalue weighted by molar-refractivity contribution is 6.17. The zero-order valence-corrected chi connectivity index (χ0v) is 12.5. The van der Waals surface area contributed by atoms with Gasteiger partial charge in [0.15, 0.2) is 0 Å². The molecule has 0 unspecified atom stereocenters. The van der Waals surface area contributed by atoms with Crippen molar-refractivity contribution in [2.75, 3.05) is 12.4 Å². The molecular weight excluding hydrogens is 258 g/mol. The van der Waals surface area contributed by atoms with Gasteiger partial charge in [-0.3, -0.25) is 4.79 Å². The molecule has 0 aromatic heterocycles. The van der Waals surface area contributed by atoms with Gasteiger partial charge in [0, 0.05) is 18.3 Å². The molecule has 1 N–H and O–H groups in total. The maximum atomic E-state index is 12.2. The minimum Gasteiger partial charge on any atom is -0.355 e. The molecule has 2 nitrogen and oxygen atoms in total. The molecule has 0 saturated heterocycles. The van der Waals surface area contributed by atoms with Crippen molar-refractivity contribution in [1.29, 1.82) is 0 Å². The largest absolute Gasteiger partial charge is 0.355 e. The van der Waals surface area contributed by atoms with Crippen LogP contribution in [-0.2, 0) is 17.6 Å². The quantitative estimate of drug-likeness (QED) is 0.824. The van der Waals surface area contributed by atoms with E-state index >= 15 is 0 Å². The lowest BCUT2D eigenvalue weighted by Crippen LogP contribution is -2.38. The van der Waals surface area contributed by atoms with Crippen molar-refractivity contribution in [2.45, 2.75) is 33.1 Å². The minimum atomic E-state index is 0.0723. The number of amides is 1. The van der Waals surface area contributed by atoms with Crippen molar-refractivity contribution in [3.8, 4) is 0 Å². The van der Waals surface area contributed by atoms with Gasteiger partial charge < -0.3 is 5.32 Å². The first-order chi connectivity index (χ1) is 9.02. The summed E-state index contributed by atoms with van der Waals surface area (Å²) in [6.45, 7) is 4.98. The van der Waals surface area contributed by atoms with E-state index in [1.54, 1.807) is 0 Å². The van der Waals surface area contributed by atoms with Crippen molar-refractivity contribution in [3.05, 3.63) is 35.4 Å². The average Bonchev–Trinajstić information content (AvgIpc) is 2.79. The lowest BCUT2D eigenvalue weighted by molar-refractivity contribution is -0.125. The van der Waals surface area contributed by atoms with Crippen LogP contribution in [0.15, 0.2) is 24.3 Å². The summed E-state index contributed by atoms with van der Waals surface area (Å²) >= 11 is 5.78. The molecule has 104 valence electrons. The molecule has 1 aromatic rings. The summed E-state index contributed by atoms with van der Waals surface area (Å²) < 4.78 is 0. The van der Waals surface area contributed by atoms with E-state index in [0.29, 0.717) is 12.4 Å². The molecule has 0 atom stereocenters. The number of fused-ring (bicyclic) bond motifs is 1. The molecule has 0 aliphatic heterocycles. The van der Waals surface area contributed by atoms with E-state index in [2.05, 4.69) is 31.3 Å². The standard InChI is InChI=1S/C16H22ClNO/c1-16(2,7-8-17)11-18-15(19)14-9-12-5-3-4-6-13(12)10-14/h3-6,14H,7-11H2,1-2H3,(H,18,19). The second-order valence-corrected chi connectivity index (χ2v) is 6.57. The van der Waals surface area contributed by atoms with Crippen molar-refractivity contribution in [2.24, 2.45) is 11.3 Å². The number of halogens is 1. The maximum absolute atomic E-state index is 12.2. The van der Waals surface area contributed by atoms with E-state index in [4.69, 9.17) is 11.6 Å². The topological polar surface area (TPSA) is 29.1 Å². The predicted octanol–water partition coefficient (Wildman–Crippen LogP) is 3.17. The SMILES string of the molecule is CC(C)(CCCl)CNC(=O)C1Cc2ccccc2C1. The lowest BCUT2D eigenvalue weighted by Gasteiger charge is -2.24. The van der Waals surface area contributed by atoms with E-state index in [1.165, 1.54) is 11.1 Å².